The molecule has 1 fully saturated rings. The molecular weight excluding hydrogens is 300 g/mol. The third-order valence-electron chi connectivity index (χ3n) is 2.90. The molecule has 0 bridgehead atoms. The van der Waals surface area contributed by atoms with Crippen molar-refractivity contribution in [2.75, 3.05) is 4.72 Å². The van der Waals surface area contributed by atoms with Crippen molar-refractivity contribution < 1.29 is 8.42 Å². The molecule has 0 aromatic carbocycles. The van der Waals surface area contributed by atoms with E-state index in [1.807, 2.05) is 10.8 Å². The molecule has 2 heterocycles. The maximum atomic E-state index is 12.3. The van der Waals surface area contributed by atoms with Gasteiger partial charge in [-0.1, -0.05) is 0 Å². The van der Waals surface area contributed by atoms with Crippen LogP contribution in [0.25, 0.3) is 0 Å². The van der Waals surface area contributed by atoms with E-state index in [0.717, 1.165) is 4.88 Å². The number of hydrogen-bond donors (Lipinski definition) is 2. The highest BCUT2D eigenvalue weighted by atomic mass is 32.2. The van der Waals surface area contributed by atoms with Crippen LogP contribution in [0.4, 0.5) is 5.69 Å². The summed E-state index contributed by atoms with van der Waals surface area (Å²) in [5.41, 5.74) is 0.623. The average molecular weight is 314 g/mol. The van der Waals surface area contributed by atoms with E-state index >= 15 is 0 Å². The smallest absolute Gasteiger partial charge is 0.263 e. The van der Waals surface area contributed by atoms with Crippen LogP contribution in [0.1, 0.15) is 17.7 Å². The molecule has 2 N–H and O–H groups in total. The molecule has 0 unspecified atom stereocenters. The maximum Gasteiger partial charge on any atom is 0.263 e. The van der Waals surface area contributed by atoms with Crippen LogP contribution in [0.5, 0.6) is 0 Å². The van der Waals surface area contributed by atoms with E-state index in [4.69, 9.17) is 0 Å². The molecule has 0 amide bonds. The topological polar surface area (TPSA) is 58.2 Å². The molecule has 4 nitrogen and oxygen atoms in total. The largest absolute Gasteiger partial charge is 0.309 e. The van der Waals surface area contributed by atoms with Crippen LogP contribution in [0.15, 0.2) is 33.2 Å². The van der Waals surface area contributed by atoms with Crippen molar-refractivity contribution in [3.8, 4) is 0 Å². The Labute approximate surface area is 120 Å². The predicted molar refractivity (Wildman–Crippen MR) is 79.3 cm³/mol. The van der Waals surface area contributed by atoms with Crippen LogP contribution in [0.2, 0.25) is 0 Å². The monoisotopic (exact) mass is 314 g/mol. The van der Waals surface area contributed by atoms with Gasteiger partial charge in [0, 0.05) is 22.8 Å². The quantitative estimate of drug-likeness (QED) is 0.862. The Balaban J connectivity index is 1.78. The molecule has 1 aliphatic carbocycles. The Morgan fingerprint density at radius 3 is 2.79 bits per heavy atom. The lowest BCUT2D eigenvalue weighted by Gasteiger charge is -2.08. The van der Waals surface area contributed by atoms with Gasteiger partial charge in [-0.2, -0.15) is 11.3 Å². The van der Waals surface area contributed by atoms with Crippen molar-refractivity contribution in [2.45, 2.75) is 30.3 Å². The SMILES string of the molecule is O=S(=O)(Nc1ccsc1)c1ccsc1CNC1CC1. The summed E-state index contributed by atoms with van der Waals surface area (Å²) in [6.45, 7) is 0.627. The zero-order valence-corrected chi connectivity index (χ0v) is 12.6. The third-order valence-corrected chi connectivity index (χ3v) is 6.10. The van der Waals surface area contributed by atoms with Crippen LogP contribution in [0.3, 0.4) is 0 Å². The Hall–Kier alpha value is -0.890. The van der Waals surface area contributed by atoms with E-state index in [2.05, 4.69) is 10.0 Å². The molecule has 0 spiro atoms. The van der Waals surface area contributed by atoms with Gasteiger partial charge in [0.2, 0.25) is 0 Å². The minimum atomic E-state index is -3.47. The molecule has 2 aromatic heterocycles. The number of anilines is 1. The molecule has 0 aliphatic heterocycles. The predicted octanol–water partition coefficient (Wildman–Crippen LogP) is 2.86. The van der Waals surface area contributed by atoms with E-state index in [0.29, 0.717) is 23.2 Å². The first-order valence-electron chi connectivity index (χ1n) is 6.00. The molecule has 0 radical (unpaired) electrons. The number of thiophene rings is 2. The number of nitrogens with one attached hydrogen (secondary N) is 2. The van der Waals surface area contributed by atoms with E-state index in [9.17, 15) is 8.42 Å². The summed E-state index contributed by atoms with van der Waals surface area (Å²) in [4.78, 5) is 1.26. The Morgan fingerprint density at radius 2 is 2.11 bits per heavy atom. The number of rotatable bonds is 6. The molecular formula is C12H14N2O2S3. The van der Waals surface area contributed by atoms with Gasteiger partial charge in [-0.3, -0.25) is 4.72 Å². The van der Waals surface area contributed by atoms with Gasteiger partial charge in [0.05, 0.1) is 5.69 Å². The molecule has 19 heavy (non-hydrogen) atoms. The lowest BCUT2D eigenvalue weighted by molar-refractivity contribution is 0.599. The lowest BCUT2D eigenvalue weighted by atomic mass is 10.4. The first-order chi connectivity index (χ1) is 9.15. The highest BCUT2D eigenvalue weighted by molar-refractivity contribution is 7.93. The molecule has 7 heteroatoms. The summed E-state index contributed by atoms with van der Waals surface area (Å²) in [5, 5.41) is 8.81. The van der Waals surface area contributed by atoms with Gasteiger partial charge in [0.25, 0.3) is 10.0 Å². The fraction of sp³-hybridized carbons (Fsp3) is 0.333. The van der Waals surface area contributed by atoms with E-state index in [-0.39, 0.29) is 0 Å². The van der Waals surface area contributed by atoms with Crippen molar-refractivity contribution in [3.63, 3.8) is 0 Å². The van der Waals surface area contributed by atoms with Gasteiger partial charge in [0.1, 0.15) is 4.90 Å². The summed E-state index contributed by atoms with van der Waals surface area (Å²) in [6.07, 6.45) is 2.39. The van der Waals surface area contributed by atoms with Gasteiger partial charge >= 0.3 is 0 Å². The average Bonchev–Trinajstić information content (AvgIpc) is 2.87. The normalized spacial score (nSPS) is 15.6. The van der Waals surface area contributed by atoms with Crippen molar-refractivity contribution in [1.29, 1.82) is 0 Å². The third kappa shape index (κ3) is 3.17. The first kappa shape index (κ1) is 13.1. The van der Waals surface area contributed by atoms with Gasteiger partial charge in [-0.15, -0.1) is 11.3 Å². The summed E-state index contributed by atoms with van der Waals surface area (Å²) in [6, 6.07) is 4.00. The van der Waals surface area contributed by atoms with Gasteiger partial charge in [0.15, 0.2) is 0 Å². The fourth-order valence-electron chi connectivity index (χ4n) is 1.75. The first-order valence-corrected chi connectivity index (χ1v) is 9.30. The van der Waals surface area contributed by atoms with E-state index in [1.165, 1.54) is 35.5 Å². The zero-order chi connectivity index (χ0) is 13.3. The lowest BCUT2D eigenvalue weighted by Crippen LogP contribution is -2.18. The van der Waals surface area contributed by atoms with Crippen LogP contribution in [0, 0.1) is 0 Å². The maximum absolute atomic E-state index is 12.3. The van der Waals surface area contributed by atoms with E-state index in [1.54, 1.807) is 17.5 Å². The fourth-order valence-corrected chi connectivity index (χ4v) is 4.86. The van der Waals surface area contributed by atoms with Gasteiger partial charge in [-0.05, 0) is 35.7 Å². The second kappa shape index (κ2) is 5.24. The summed E-state index contributed by atoms with van der Waals surface area (Å²) < 4.78 is 27.2. The summed E-state index contributed by atoms with van der Waals surface area (Å²) in [5.74, 6) is 0. The van der Waals surface area contributed by atoms with E-state index < -0.39 is 10.0 Å². The van der Waals surface area contributed by atoms with Crippen LogP contribution in [-0.2, 0) is 16.6 Å². The van der Waals surface area contributed by atoms with Crippen molar-refractivity contribution in [3.05, 3.63) is 33.2 Å². The Kier molecular flexibility index (Phi) is 3.62. The van der Waals surface area contributed by atoms with Gasteiger partial charge < -0.3 is 5.32 Å². The summed E-state index contributed by atoms with van der Waals surface area (Å²) in [7, 11) is -3.47. The molecule has 0 atom stereocenters. The molecule has 1 saturated carbocycles. The molecule has 0 saturated heterocycles. The van der Waals surface area contributed by atoms with Crippen molar-refractivity contribution in [2.24, 2.45) is 0 Å². The van der Waals surface area contributed by atoms with Gasteiger partial charge in [-0.25, -0.2) is 8.42 Å². The Morgan fingerprint density at radius 1 is 1.26 bits per heavy atom. The standard InChI is InChI=1S/C12H14N2O2S3/c15-19(16,14-10-3-5-17-8-10)12-4-6-18-11(12)7-13-9-1-2-9/h3-6,8-9,13-14H,1-2,7H2. The molecule has 2 aromatic rings. The van der Waals surface area contributed by atoms with Crippen LogP contribution >= 0.6 is 22.7 Å². The molecule has 102 valence electrons. The summed E-state index contributed by atoms with van der Waals surface area (Å²) >= 11 is 2.95. The molecule has 1 aliphatic rings. The van der Waals surface area contributed by atoms with Crippen molar-refractivity contribution in [1.82, 2.24) is 5.32 Å². The number of hydrogen-bond acceptors (Lipinski definition) is 5. The zero-order valence-electron chi connectivity index (χ0n) is 10.1. The van der Waals surface area contributed by atoms with Crippen LogP contribution in [-0.4, -0.2) is 14.5 Å². The second-order valence-electron chi connectivity index (χ2n) is 4.48. The number of sulfonamides is 1. The van der Waals surface area contributed by atoms with Crippen LogP contribution < -0.4 is 10.0 Å². The van der Waals surface area contributed by atoms with Crippen molar-refractivity contribution >= 4 is 38.4 Å². The molecule has 3 rings (SSSR count). The highest BCUT2D eigenvalue weighted by Crippen LogP contribution is 2.26. The second-order valence-corrected chi connectivity index (χ2v) is 7.91. The Bertz CT molecular complexity index is 642. The minimum Gasteiger partial charge on any atom is -0.309 e. The highest BCUT2D eigenvalue weighted by Gasteiger charge is 2.24. The minimum absolute atomic E-state index is 0.386.